The van der Waals surface area contributed by atoms with Gasteiger partial charge in [-0.05, 0) is 25.8 Å². The van der Waals surface area contributed by atoms with Crippen molar-refractivity contribution in [1.29, 1.82) is 0 Å². The first-order valence-electron chi connectivity index (χ1n) is 7.43. The Balaban J connectivity index is 1.73. The molecule has 0 radical (unpaired) electrons. The van der Waals surface area contributed by atoms with Crippen LogP contribution in [0, 0.1) is 6.92 Å². The van der Waals surface area contributed by atoms with Gasteiger partial charge < -0.3 is 10.4 Å². The van der Waals surface area contributed by atoms with Crippen LogP contribution >= 0.6 is 11.3 Å². The third kappa shape index (κ3) is 4.93. The number of thiazole rings is 1. The Bertz CT molecular complexity index is 608. The fraction of sp³-hybridized carbons (Fsp3) is 0.412. The Hall–Kier alpha value is -1.72. The normalized spacial score (nSPS) is 13.6. The highest BCUT2D eigenvalue weighted by Gasteiger charge is 2.26. The van der Waals surface area contributed by atoms with Crippen LogP contribution in [0.3, 0.4) is 0 Å². The van der Waals surface area contributed by atoms with E-state index in [2.05, 4.69) is 10.3 Å². The molecule has 1 atom stereocenters. The maximum atomic E-state index is 12.0. The van der Waals surface area contributed by atoms with Crippen molar-refractivity contribution >= 4 is 17.2 Å². The van der Waals surface area contributed by atoms with E-state index in [1.807, 2.05) is 42.6 Å². The Morgan fingerprint density at radius 2 is 2.09 bits per heavy atom. The zero-order chi connectivity index (χ0) is 16.0. The second kappa shape index (κ2) is 7.51. The Morgan fingerprint density at radius 3 is 2.73 bits per heavy atom. The summed E-state index contributed by atoms with van der Waals surface area (Å²) in [7, 11) is 0. The van der Waals surface area contributed by atoms with Crippen LogP contribution in [0.15, 0.2) is 35.7 Å². The number of aliphatic hydroxyl groups is 1. The van der Waals surface area contributed by atoms with Crippen LogP contribution in [0.2, 0.25) is 0 Å². The summed E-state index contributed by atoms with van der Waals surface area (Å²) in [6, 6.07) is 9.27. The van der Waals surface area contributed by atoms with Gasteiger partial charge in [-0.15, -0.1) is 11.3 Å². The minimum absolute atomic E-state index is 0.0629. The SMILES string of the molecule is Cc1csc(CCCNC(=O)CC(C)(O)c2ccccc2)n1. The number of nitrogens with zero attached hydrogens (tertiary/aromatic N) is 1. The second-order valence-corrected chi connectivity index (χ2v) is 6.60. The monoisotopic (exact) mass is 318 g/mol. The van der Waals surface area contributed by atoms with Gasteiger partial charge in [0.25, 0.3) is 0 Å². The van der Waals surface area contributed by atoms with E-state index in [0.717, 1.165) is 29.1 Å². The Morgan fingerprint density at radius 1 is 1.36 bits per heavy atom. The molecule has 1 heterocycles. The number of nitrogens with one attached hydrogen (secondary N) is 1. The van der Waals surface area contributed by atoms with Gasteiger partial charge in [-0.3, -0.25) is 4.79 Å². The lowest BCUT2D eigenvalue weighted by Gasteiger charge is -2.23. The molecule has 0 bridgehead atoms. The molecular weight excluding hydrogens is 296 g/mol. The van der Waals surface area contributed by atoms with Crippen LogP contribution in [-0.2, 0) is 16.8 Å². The molecule has 0 aliphatic carbocycles. The quantitative estimate of drug-likeness (QED) is 0.772. The van der Waals surface area contributed by atoms with E-state index < -0.39 is 5.60 Å². The van der Waals surface area contributed by atoms with Crippen LogP contribution in [0.5, 0.6) is 0 Å². The maximum absolute atomic E-state index is 12.0. The summed E-state index contributed by atoms with van der Waals surface area (Å²) in [5.41, 5.74) is 0.656. The number of aromatic nitrogens is 1. The average Bonchev–Trinajstić information content (AvgIpc) is 2.90. The van der Waals surface area contributed by atoms with Crippen LogP contribution in [0.1, 0.15) is 36.0 Å². The van der Waals surface area contributed by atoms with Gasteiger partial charge in [0, 0.05) is 24.0 Å². The van der Waals surface area contributed by atoms with Gasteiger partial charge in [-0.25, -0.2) is 4.98 Å². The molecule has 2 aromatic rings. The summed E-state index contributed by atoms with van der Waals surface area (Å²) < 4.78 is 0. The van der Waals surface area contributed by atoms with E-state index in [-0.39, 0.29) is 12.3 Å². The number of hydrogen-bond donors (Lipinski definition) is 2. The minimum Gasteiger partial charge on any atom is -0.385 e. The summed E-state index contributed by atoms with van der Waals surface area (Å²) in [4.78, 5) is 16.4. The Labute approximate surface area is 135 Å². The highest BCUT2D eigenvalue weighted by atomic mass is 32.1. The number of rotatable bonds is 7. The molecular formula is C17H22N2O2S. The lowest BCUT2D eigenvalue weighted by atomic mass is 9.92. The van der Waals surface area contributed by atoms with E-state index in [1.54, 1.807) is 18.3 Å². The van der Waals surface area contributed by atoms with Gasteiger partial charge in [0.15, 0.2) is 0 Å². The molecule has 0 fully saturated rings. The van der Waals surface area contributed by atoms with E-state index in [4.69, 9.17) is 0 Å². The molecule has 0 aliphatic rings. The minimum atomic E-state index is -1.14. The molecule has 22 heavy (non-hydrogen) atoms. The summed E-state index contributed by atoms with van der Waals surface area (Å²) >= 11 is 1.65. The first-order valence-corrected chi connectivity index (χ1v) is 8.31. The topological polar surface area (TPSA) is 62.2 Å². The summed E-state index contributed by atoms with van der Waals surface area (Å²) in [6.07, 6.45) is 1.79. The van der Waals surface area contributed by atoms with Gasteiger partial charge in [-0.1, -0.05) is 30.3 Å². The van der Waals surface area contributed by atoms with Gasteiger partial charge in [0.2, 0.25) is 5.91 Å². The lowest BCUT2D eigenvalue weighted by molar-refractivity contribution is -0.125. The molecule has 1 unspecified atom stereocenters. The number of benzene rings is 1. The molecule has 118 valence electrons. The number of carbonyl (C=O) groups is 1. The largest absolute Gasteiger partial charge is 0.385 e. The third-order valence-corrected chi connectivity index (χ3v) is 4.48. The molecule has 1 aromatic carbocycles. The lowest BCUT2D eigenvalue weighted by Crippen LogP contribution is -2.33. The third-order valence-electron chi connectivity index (χ3n) is 3.46. The predicted octanol–water partition coefficient (Wildman–Crippen LogP) is 2.80. The van der Waals surface area contributed by atoms with E-state index in [0.29, 0.717) is 6.54 Å². The fourth-order valence-electron chi connectivity index (χ4n) is 2.26. The van der Waals surface area contributed by atoms with Gasteiger partial charge in [0.05, 0.1) is 17.0 Å². The van der Waals surface area contributed by atoms with Gasteiger partial charge in [-0.2, -0.15) is 0 Å². The van der Waals surface area contributed by atoms with Gasteiger partial charge in [0.1, 0.15) is 0 Å². The highest BCUT2D eigenvalue weighted by molar-refractivity contribution is 7.09. The summed E-state index contributed by atoms with van der Waals surface area (Å²) in [6.45, 7) is 4.25. The second-order valence-electron chi connectivity index (χ2n) is 5.65. The van der Waals surface area contributed by atoms with Crippen LogP contribution in [0.4, 0.5) is 0 Å². The first-order chi connectivity index (χ1) is 10.5. The molecule has 0 saturated carbocycles. The van der Waals surface area contributed by atoms with Crippen LogP contribution < -0.4 is 5.32 Å². The molecule has 0 aliphatic heterocycles. The van der Waals surface area contributed by atoms with E-state index in [9.17, 15) is 9.90 Å². The molecule has 2 rings (SSSR count). The number of hydrogen-bond acceptors (Lipinski definition) is 4. The molecule has 2 N–H and O–H groups in total. The van der Waals surface area contributed by atoms with E-state index >= 15 is 0 Å². The summed E-state index contributed by atoms with van der Waals surface area (Å²) in [5, 5.41) is 16.4. The number of carbonyl (C=O) groups excluding carboxylic acids is 1. The highest BCUT2D eigenvalue weighted by Crippen LogP contribution is 2.23. The number of aryl methyl sites for hydroxylation is 2. The van der Waals surface area contributed by atoms with Crippen molar-refractivity contribution in [3.8, 4) is 0 Å². The summed E-state index contributed by atoms with van der Waals surface area (Å²) in [5.74, 6) is -0.135. The van der Waals surface area contributed by atoms with Crippen LogP contribution in [-0.4, -0.2) is 22.5 Å². The van der Waals surface area contributed by atoms with E-state index in [1.165, 1.54) is 0 Å². The molecule has 0 spiro atoms. The standard InChI is InChI=1S/C17H22N2O2S/c1-13-12-22-16(19-13)9-6-10-18-15(20)11-17(2,21)14-7-4-3-5-8-14/h3-5,7-8,12,21H,6,9-11H2,1-2H3,(H,18,20). The first kappa shape index (κ1) is 16.6. The fourth-order valence-corrected chi connectivity index (χ4v) is 3.08. The van der Waals surface area contributed by atoms with Crippen molar-refractivity contribution in [2.24, 2.45) is 0 Å². The van der Waals surface area contributed by atoms with Crippen molar-refractivity contribution in [3.63, 3.8) is 0 Å². The van der Waals surface area contributed by atoms with Crippen molar-refractivity contribution in [3.05, 3.63) is 52.0 Å². The average molecular weight is 318 g/mol. The smallest absolute Gasteiger partial charge is 0.223 e. The zero-order valence-electron chi connectivity index (χ0n) is 13.0. The van der Waals surface area contributed by atoms with Crippen molar-refractivity contribution in [2.75, 3.05) is 6.54 Å². The number of amides is 1. The van der Waals surface area contributed by atoms with Crippen LogP contribution in [0.25, 0.3) is 0 Å². The molecule has 1 amide bonds. The molecule has 5 heteroatoms. The predicted molar refractivity (Wildman–Crippen MR) is 88.8 cm³/mol. The van der Waals surface area contributed by atoms with Crippen molar-refractivity contribution in [1.82, 2.24) is 10.3 Å². The zero-order valence-corrected chi connectivity index (χ0v) is 13.8. The van der Waals surface area contributed by atoms with Crippen molar-refractivity contribution in [2.45, 2.75) is 38.7 Å². The molecule has 4 nitrogen and oxygen atoms in total. The molecule has 1 aromatic heterocycles. The van der Waals surface area contributed by atoms with Gasteiger partial charge >= 0.3 is 0 Å². The molecule has 0 saturated heterocycles. The van der Waals surface area contributed by atoms with Crippen molar-refractivity contribution < 1.29 is 9.90 Å². The Kier molecular flexibility index (Phi) is 5.69. The maximum Gasteiger partial charge on any atom is 0.223 e.